The predicted octanol–water partition coefficient (Wildman–Crippen LogP) is 4.60. The maximum absolute atomic E-state index is 14.4. The number of aliphatic hydroxyl groups is 3. The van der Waals surface area contributed by atoms with Crippen LogP contribution in [0.25, 0.3) is 0 Å². The van der Waals surface area contributed by atoms with Gasteiger partial charge in [0.25, 0.3) is 11.7 Å². The van der Waals surface area contributed by atoms with Gasteiger partial charge >= 0.3 is 5.97 Å². The lowest BCUT2D eigenvalue weighted by Gasteiger charge is -2.47. The zero-order chi connectivity index (χ0) is 47.4. The van der Waals surface area contributed by atoms with Crippen molar-refractivity contribution in [3.8, 4) is 0 Å². The van der Waals surface area contributed by atoms with Gasteiger partial charge in [0, 0.05) is 77.5 Å². The average Bonchev–Trinajstić information content (AvgIpc) is 3.29. The first-order chi connectivity index (χ1) is 31.0. The highest BCUT2D eigenvalue weighted by molar-refractivity contribution is 6.39. The number of allylic oxidation sites excluding steroid dienone is 5. The van der Waals surface area contributed by atoms with Crippen molar-refractivity contribution in [2.24, 2.45) is 29.6 Å². The highest BCUT2D eigenvalue weighted by Crippen LogP contribution is 2.39. The summed E-state index contributed by atoms with van der Waals surface area (Å²) in [5.74, 6) is -7.65. The van der Waals surface area contributed by atoms with E-state index in [0.29, 0.717) is 76.5 Å². The molecule has 2 amide bonds. The zero-order valence-corrected chi connectivity index (χ0v) is 40.1. The van der Waals surface area contributed by atoms with Crippen molar-refractivity contribution >= 4 is 29.4 Å². The second-order valence-electron chi connectivity index (χ2n) is 19.8. The number of hydrogen-bond donors (Lipinski definition) is 4. The minimum Gasteiger partial charge on any atom is -0.456 e. The van der Waals surface area contributed by atoms with Crippen LogP contribution in [0.4, 0.5) is 0 Å². The smallest absolute Gasteiger partial charge is 0.329 e. The second-order valence-corrected chi connectivity index (χ2v) is 19.8. The number of ketones is 2. The predicted molar refractivity (Wildman–Crippen MR) is 244 cm³/mol. The molecule has 1 aliphatic carbocycles. The number of carbonyl (C=O) groups is 5. The normalized spacial score (nSPS) is 37.8. The summed E-state index contributed by atoms with van der Waals surface area (Å²) < 4.78 is 24.4. The molecule has 0 unspecified atom stereocenters. The Morgan fingerprint density at radius 3 is 2.28 bits per heavy atom. The van der Waals surface area contributed by atoms with Crippen LogP contribution in [-0.4, -0.2) is 150 Å². The quantitative estimate of drug-likeness (QED) is 0.142. The first-order valence-electron chi connectivity index (χ1n) is 24.4. The summed E-state index contributed by atoms with van der Waals surface area (Å²) >= 11 is 0. The van der Waals surface area contributed by atoms with Crippen LogP contribution >= 0.6 is 0 Å². The molecule has 0 radical (unpaired) electrons. The van der Waals surface area contributed by atoms with E-state index in [9.17, 15) is 39.3 Å². The minimum atomic E-state index is -2.52. The minimum absolute atomic E-state index is 0.0238. The van der Waals surface area contributed by atoms with E-state index in [1.165, 1.54) is 19.1 Å². The molecule has 4 heterocycles. The van der Waals surface area contributed by atoms with Crippen LogP contribution in [0.1, 0.15) is 125 Å². The third-order valence-electron chi connectivity index (χ3n) is 14.6. The van der Waals surface area contributed by atoms with E-state index in [2.05, 4.69) is 5.32 Å². The van der Waals surface area contributed by atoms with Crippen molar-refractivity contribution in [1.82, 2.24) is 15.1 Å². The summed E-state index contributed by atoms with van der Waals surface area (Å²) in [6.07, 6.45) is 9.54. The number of fused-ring (bicyclic) bond motifs is 3. The van der Waals surface area contributed by atoms with E-state index in [4.69, 9.17) is 18.9 Å². The number of methoxy groups -OCH3 is 2. The van der Waals surface area contributed by atoms with Gasteiger partial charge in [-0.15, -0.1) is 0 Å². The van der Waals surface area contributed by atoms with Crippen LogP contribution in [0.3, 0.4) is 0 Å². The number of piperidine rings is 1. The van der Waals surface area contributed by atoms with Gasteiger partial charge in [0.1, 0.15) is 24.0 Å². The van der Waals surface area contributed by atoms with Gasteiger partial charge < -0.3 is 49.4 Å². The Hall–Kier alpha value is -3.31. The largest absolute Gasteiger partial charge is 0.456 e. The molecule has 3 saturated heterocycles. The fraction of sp³-hybridized carbons (Fsp3) is 0.780. The number of esters is 1. The van der Waals surface area contributed by atoms with Gasteiger partial charge in [-0.2, -0.15) is 0 Å². The average molecular weight is 914 g/mol. The molecule has 5 aliphatic rings. The molecule has 15 nitrogen and oxygen atoms in total. The summed E-state index contributed by atoms with van der Waals surface area (Å²) in [4.78, 5) is 73.3. The van der Waals surface area contributed by atoms with Crippen LogP contribution in [0.5, 0.6) is 0 Å². The van der Waals surface area contributed by atoms with Gasteiger partial charge in [-0.1, -0.05) is 50.6 Å². The van der Waals surface area contributed by atoms with Crippen LogP contribution in [0.2, 0.25) is 0 Å². The van der Waals surface area contributed by atoms with Crippen molar-refractivity contribution in [3.05, 3.63) is 35.5 Å². The number of rotatable bonds is 9. The third kappa shape index (κ3) is 13.9. The SMILES string of the molecule is CO[C@H]1C[C@@H](C)C/C(C)=C/[C@@H](C/C=C/CCC(=O)N2CCNCC2)C(=O)C[C@H](O)[C@@H](C)[C@@H](/C(C)=C/[C@H]2CC[C@H](O)CC2)OC(=O)[C@@H]2CCCCN2C(=O)C(=O)[C@]2(O)O[C@H]1[C@@H](OC)C[C@H]2C. The summed E-state index contributed by atoms with van der Waals surface area (Å²) in [6.45, 7) is 12.3. The monoisotopic (exact) mass is 914 g/mol. The van der Waals surface area contributed by atoms with E-state index < -0.39 is 77.8 Å². The molecule has 4 fully saturated rings. The molecule has 11 atom stereocenters. The molecule has 65 heavy (non-hydrogen) atoms. The topological polar surface area (TPSA) is 201 Å². The van der Waals surface area contributed by atoms with Crippen molar-refractivity contribution in [2.45, 2.75) is 173 Å². The number of carbonyl (C=O) groups excluding carboxylic acids is 5. The third-order valence-corrected chi connectivity index (χ3v) is 14.6. The molecule has 15 heteroatoms. The Kier molecular flexibility index (Phi) is 20.0. The highest BCUT2D eigenvalue weighted by atomic mass is 16.7. The molecule has 366 valence electrons. The molecular weight excluding hydrogens is 835 g/mol. The molecule has 5 rings (SSSR count). The van der Waals surface area contributed by atoms with Gasteiger partial charge in [-0.25, -0.2) is 4.79 Å². The number of nitrogens with one attached hydrogen (secondary N) is 1. The van der Waals surface area contributed by atoms with Crippen molar-refractivity contribution in [2.75, 3.05) is 46.9 Å². The molecule has 2 bridgehead atoms. The van der Waals surface area contributed by atoms with E-state index in [-0.39, 0.29) is 55.4 Å². The van der Waals surface area contributed by atoms with Gasteiger partial charge in [-0.3, -0.25) is 19.2 Å². The number of Topliss-reactive ketones (excluding diaryl/α,β-unsaturated/α-hetero) is 2. The summed E-state index contributed by atoms with van der Waals surface area (Å²) in [6, 6.07) is -1.14. The Balaban J connectivity index is 1.49. The Bertz CT molecular complexity index is 1720. The maximum atomic E-state index is 14.4. The summed E-state index contributed by atoms with van der Waals surface area (Å²) in [7, 11) is 3.06. The van der Waals surface area contributed by atoms with Gasteiger partial charge in [0.05, 0.1) is 24.4 Å². The lowest BCUT2D eigenvalue weighted by Crippen LogP contribution is -2.64. The van der Waals surface area contributed by atoms with E-state index in [0.717, 1.165) is 31.5 Å². The van der Waals surface area contributed by atoms with Gasteiger partial charge in [-0.05, 0) is 108 Å². The van der Waals surface area contributed by atoms with E-state index in [1.807, 2.05) is 50.0 Å². The molecule has 4 N–H and O–H groups in total. The number of nitrogens with zero attached hydrogens (tertiary/aromatic N) is 2. The fourth-order valence-corrected chi connectivity index (χ4v) is 10.6. The maximum Gasteiger partial charge on any atom is 0.329 e. The Labute approximate surface area is 386 Å². The number of aliphatic hydroxyl groups excluding tert-OH is 2. The van der Waals surface area contributed by atoms with Crippen LogP contribution < -0.4 is 5.32 Å². The lowest BCUT2D eigenvalue weighted by molar-refractivity contribution is -0.302. The van der Waals surface area contributed by atoms with Crippen LogP contribution in [0.15, 0.2) is 35.5 Å². The van der Waals surface area contributed by atoms with Gasteiger partial charge in [0.15, 0.2) is 0 Å². The van der Waals surface area contributed by atoms with Crippen molar-refractivity contribution in [1.29, 1.82) is 0 Å². The summed E-state index contributed by atoms with van der Waals surface area (Å²) in [5.41, 5.74) is 1.63. The standard InChI is InChI=1S/C50H79N3O12/c1-31-25-32(2)27-42(62-6)46-43(63-7)29-34(4)50(61,65-46)47(58)48(59)53-22-12-11-14-39(53)49(60)64-45(33(3)28-36-16-18-38(54)19-17-36)35(5)40(55)30-41(56)37(26-31)13-9-8-10-15-44(57)52-23-20-51-21-24-52/h8-9,26,28,32,34-40,42-43,45-46,51,54-55,61H,10-25,27,29-30H2,1-7H3/b9-8+,31-26+,33-28+/t32-,34+,35+,36-,37+,38-,39-,40-,42-,43-,45+,46+,50+/m0/s1. The summed E-state index contributed by atoms with van der Waals surface area (Å²) in [5, 5.41) is 37.5. The molecule has 0 aromatic heterocycles. The van der Waals surface area contributed by atoms with E-state index >= 15 is 0 Å². The van der Waals surface area contributed by atoms with Crippen molar-refractivity contribution in [3.63, 3.8) is 0 Å². The molecule has 4 aliphatic heterocycles. The fourth-order valence-electron chi connectivity index (χ4n) is 10.6. The molecule has 0 aromatic rings. The number of piperazine rings is 1. The lowest BCUT2D eigenvalue weighted by atomic mass is 9.82. The Morgan fingerprint density at radius 2 is 1.60 bits per heavy atom. The molecule has 0 spiro atoms. The zero-order valence-electron chi connectivity index (χ0n) is 40.1. The number of hydrogen-bond acceptors (Lipinski definition) is 13. The number of amides is 2. The van der Waals surface area contributed by atoms with Crippen LogP contribution in [-0.2, 0) is 42.9 Å². The van der Waals surface area contributed by atoms with Crippen molar-refractivity contribution < 1.29 is 58.2 Å². The first kappa shape index (κ1) is 52.7. The Morgan fingerprint density at radius 1 is 0.923 bits per heavy atom. The highest BCUT2D eigenvalue weighted by Gasteiger charge is 2.56. The van der Waals surface area contributed by atoms with E-state index in [1.54, 1.807) is 13.8 Å². The van der Waals surface area contributed by atoms with Gasteiger partial charge in [0.2, 0.25) is 11.7 Å². The number of ether oxygens (including phenoxy) is 4. The van der Waals surface area contributed by atoms with Crippen LogP contribution in [0, 0.1) is 29.6 Å². The number of cyclic esters (lactones) is 1. The second kappa shape index (κ2) is 24.6. The molecular formula is C50H79N3O12. The first-order valence-corrected chi connectivity index (χ1v) is 24.4. The molecule has 0 aromatic carbocycles. The molecule has 1 saturated carbocycles.